The number of hydrogen-bond donors (Lipinski definition) is 1. The van der Waals surface area contributed by atoms with Crippen LogP contribution in [0, 0.1) is 0 Å². The molecule has 0 saturated heterocycles. The molecule has 1 aromatic rings. The summed E-state index contributed by atoms with van der Waals surface area (Å²) >= 11 is 0. The first-order valence-corrected chi connectivity index (χ1v) is 4.45. The van der Waals surface area contributed by atoms with E-state index in [4.69, 9.17) is 0 Å². The third-order valence-corrected chi connectivity index (χ3v) is 2.31. The van der Waals surface area contributed by atoms with Crippen molar-refractivity contribution in [3.63, 3.8) is 0 Å². The van der Waals surface area contributed by atoms with Crippen LogP contribution >= 0.6 is 0 Å². The van der Waals surface area contributed by atoms with E-state index in [2.05, 4.69) is 34.2 Å². The molecular weight excluding hydrogens is 152 g/mol. The van der Waals surface area contributed by atoms with Crippen LogP contribution < -0.4 is 4.90 Å². The summed E-state index contributed by atoms with van der Waals surface area (Å²) in [7, 11) is 0. The zero-order valence-electron chi connectivity index (χ0n) is 7.54. The molecule has 12 heavy (non-hydrogen) atoms. The van der Waals surface area contributed by atoms with Gasteiger partial charge in [-0.15, -0.1) is 5.10 Å². The number of nitrogens with one attached hydrogen (secondary N) is 1. The predicted molar refractivity (Wildman–Crippen MR) is 47.2 cm³/mol. The Kier molecular flexibility index (Phi) is 1.75. The number of hydrogen-bond acceptors (Lipinski definition) is 3. The maximum Gasteiger partial charge on any atom is 0.174 e. The van der Waals surface area contributed by atoms with E-state index < -0.39 is 0 Å². The van der Waals surface area contributed by atoms with Gasteiger partial charge in [0.2, 0.25) is 0 Å². The van der Waals surface area contributed by atoms with Gasteiger partial charge in [-0.05, 0) is 26.7 Å². The van der Waals surface area contributed by atoms with Gasteiger partial charge in [0.1, 0.15) is 5.69 Å². The van der Waals surface area contributed by atoms with Crippen molar-refractivity contribution < 1.29 is 0 Å². The number of nitrogens with zero attached hydrogens (tertiary/aromatic N) is 3. The fourth-order valence-electron chi connectivity index (χ4n) is 1.67. The molecule has 1 aromatic heterocycles. The third kappa shape index (κ3) is 1.07. The molecule has 66 valence electrons. The van der Waals surface area contributed by atoms with Crippen LogP contribution in [-0.4, -0.2) is 28.0 Å². The largest absolute Gasteiger partial charge is 0.351 e. The molecule has 0 bridgehead atoms. The number of H-pyrrole nitrogens is 1. The highest BCUT2D eigenvalue weighted by molar-refractivity contribution is 5.45. The lowest BCUT2D eigenvalue weighted by atomic mass is 10.1. The average Bonchev–Trinajstić information content (AvgIpc) is 2.49. The highest BCUT2D eigenvalue weighted by atomic mass is 15.4. The molecule has 0 aromatic carbocycles. The summed E-state index contributed by atoms with van der Waals surface area (Å²) in [6.07, 6.45) is 2.26. The standard InChI is InChI=1S/C8H14N4/c1-6(2)12-5-3-4-7-8(12)10-11-9-7/h6H,3-5H2,1-2H3,(H,9,10,11). The average molecular weight is 166 g/mol. The lowest BCUT2D eigenvalue weighted by Crippen LogP contribution is -2.35. The summed E-state index contributed by atoms with van der Waals surface area (Å²) in [5.74, 6) is 1.05. The molecule has 0 fully saturated rings. The van der Waals surface area contributed by atoms with Crippen LogP contribution in [0.3, 0.4) is 0 Å². The van der Waals surface area contributed by atoms with Crippen molar-refractivity contribution in [3.05, 3.63) is 5.69 Å². The summed E-state index contributed by atoms with van der Waals surface area (Å²) in [5, 5.41) is 10.9. The van der Waals surface area contributed by atoms with Gasteiger partial charge >= 0.3 is 0 Å². The van der Waals surface area contributed by atoms with Crippen LogP contribution in [0.4, 0.5) is 5.82 Å². The van der Waals surface area contributed by atoms with E-state index in [0.29, 0.717) is 6.04 Å². The number of rotatable bonds is 1. The third-order valence-electron chi connectivity index (χ3n) is 2.31. The Hall–Kier alpha value is -1.06. The minimum Gasteiger partial charge on any atom is -0.351 e. The predicted octanol–water partition coefficient (Wildman–Crippen LogP) is 0.966. The van der Waals surface area contributed by atoms with Gasteiger partial charge in [-0.1, -0.05) is 0 Å². The smallest absolute Gasteiger partial charge is 0.174 e. The highest BCUT2D eigenvalue weighted by Crippen LogP contribution is 2.23. The zero-order chi connectivity index (χ0) is 8.55. The molecule has 0 spiro atoms. The molecular formula is C8H14N4. The Morgan fingerprint density at radius 2 is 2.25 bits per heavy atom. The van der Waals surface area contributed by atoms with Gasteiger partial charge in [0.25, 0.3) is 0 Å². The van der Waals surface area contributed by atoms with Gasteiger partial charge in [0.05, 0.1) is 0 Å². The first-order valence-electron chi connectivity index (χ1n) is 4.45. The van der Waals surface area contributed by atoms with Crippen molar-refractivity contribution in [2.24, 2.45) is 0 Å². The van der Waals surface area contributed by atoms with Gasteiger partial charge in [-0.2, -0.15) is 10.3 Å². The van der Waals surface area contributed by atoms with Gasteiger partial charge in [-0.3, -0.25) is 0 Å². The molecule has 0 saturated carbocycles. The Labute approximate surface area is 72.0 Å². The van der Waals surface area contributed by atoms with Crippen LogP contribution in [0.25, 0.3) is 0 Å². The fourth-order valence-corrected chi connectivity index (χ4v) is 1.67. The van der Waals surface area contributed by atoms with Crippen LogP contribution in [0.15, 0.2) is 0 Å². The summed E-state index contributed by atoms with van der Waals surface area (Å²) < 4.78 is 0. The van der Waals surface area contributed by atoms with Crippen molar-refractivity contribution in [1.29, 1.82) is 0 Å². The topological polar surface area (TPSA) is 44.8 Å². The molecule has 4 nitrogen and oxygen atoms in total. The Balaban J connectivity index is 2.31. The second-order valence-corrected chi connectivity index (χ2v) is 3.48. The van der Waals surface area contributed by atoms with E-state index in [1.54, 1.807) is 0 Å². The first kappa shape index (κ1) is 7.58. The van der Waals surface area contributed by atoms with Crippen LogP contribution in [0.5, 0.6) is 0 Å². The number of aromatic amines is 1. The minimum absolute atomic E-state index is 0.522. The Morgan fingerprint density at radius 1 is 1.42 bits per heavy atom. The maximum atomic E-state index is 4.15. The van der Waals surface area contributed by atoms with E-state index in [0.717, 1.165) is 24.5 Å². The van der Waals surface area contributed by atoms with Gasteiger partial charge in [0.15, 0.2) is 5.82 Å². The molecule has 0 atom stereocenters. The fraction of sp³-hybridized carbons (Fsp3) is 0.750. The molecule has 0 aliphatic carbocycles. The number of fused-ring (bicyclic) bond motifs is 1. The summed E-state index contributed by atoms with van der Waals surface area (Å²) in [5.41, 5.74) is 1.12. The van der Waals surface area contributed by atoms with E-state index >= 15 is 0 Å². The first-order chi connectivity index (χ1) is 5.79. The lowest BCUT2D eigenvalue weighted by Gasteiger charge is -2.29. The number of aromatic nitrogens is 3. The molecule has 1 aliphatic heterocycles. The number of aryl methyl sites for hydroxylation is 1. The van der Waals surface area contributed by atoms with E-state index in [-0.39, 0.29) is 0 Å². The summed E-state index contributed by atoms with van der Waals surface area (Å²) in [6.45, 7) is 5.48. The van der Waals surface area contributed by atoms with Crippen molar-refractivity contribution >= 4 is 5.82 Å². The van der Waals surface area contributed by atoms with Gasteiger partial charge in [0, 0.05) is 12.6 Å². The number of anilines is 1. The van der Waals surface area contributed by atoms with Crippen LogP contribution in [0.1, 0.15) is 26.0 Å². The van der Waals surface area contributed by atoms with Crippen LogP contribution in [-0.2, 0) is 6.42 Å². The summed E-state index contributed by atoms with van der Waals surface area (Å²) in [4.78, 5) is 2.29. The molecule has 0 amide bonds. The SMILES string of the molecule is CC(C)N1CCCc2n[nH]nc21. The van der Waals surface area contributed by atoms with Gasteiger partial charge < -0.3 is 4.90 Å². The summed E-state index contributed by atoms with van der Waals surface area (Å²) in [6, 6.07) is 0.522. The molecule has 2 heterocycles. The lowest BCUT2D eigenvalue weighted by molar-refractivity contribution is 0.615. The highest BCUT2D eigenvalue weighted by Gasteiger charge is 2.22. The monoisotopic (exact) mass is 166 g/mol. The van der Waals surface area contributed by atoms with E-state index in [9.17, 15) is 0 Å². The molecule has 0 unspecified atom stereocenters. The van der Waals surface area contributed by atoms with Crippen LogP contribution in [0.2, 0.25) is 0 Å². The second kappa shape index (κ2) is 2.77. The molecule has 2 rings (SSSR count). The normalized spacial score (nSPS) is 16.8. The van der Waals surface area contributed by atoms with Crippen molar-refractivity contribution in [2.45, 2.75) is 32.7 Å². The van der Waals surface area contributed by atoms with E-state index in [1.165, 1.54) is 6.42 Å². The quantitative estimate of drug-likeness (QED) is 0.676. The van der Waals surface area contributed by atoms with Crippen molar-refractivity contribution in [3.8, 4) is 0 Å². The molecule has 0 radical (unpaired) electrons. The molecule has 1 aliphatic rings. The Morgan fingerprint density at radius 3 is 3.00 bits per heavy atom. The maximum absolute atomic E-state index is 4.15. The Bertz CT molecular complexity index is 266. The second-order valence-electron chi connectivity index (χ2n) is 3.48. The zero-order valence-corrected chi connectivity index (χ0v) is 7.54. The van der Waals surface area contributed by atoms with Crippen molar-refractivity contribution in [2.75, 3.05) is 11.4 Å². The minimum atomic E-state index is 0.522. The van der Waals surface area contributed by atoms with Crippen molar-refractivity contribution in [1.82, 2.24) is 15.4 Å². The molecule has 4 heteroatoms. The van der Waals surface area contributed by atoms with Gasteiger partial charge in [-0.25, -0.2) is 0 Å². The van der Waals surface area contributed by atoms with E-state index in [1.807, 2.05) is 0 Å². The molecule has 1 N–H and O–H groups in total.